The molecule has 0 aromatic heterocycles. The molecule has 4 nitrogen and oxygen atoms in total. The molecular formula is C28H28N2O2. The smallest absolute Gasteiger partial charge is 0.163 e. The predicted molar refractivity (Wildman–Crippen MR) is 129 cm³/mol. The number of aryl methyl sites for hydroxylation is 1. The van der Waals surface area contributed by atoms with E-state index in [1.54, 1.807) is 7.11 Å². The van der Waals surface area contributed by atoms with Crippen molar-refractivity contribution in [3.8, 4) is 5.75 Å². The number of rotatable bonds is 4. The molecule has 0 saturated heterocycles. The van der Waals surface area contributed by atoms with Crippen molar-refractivity contribution < 1.29 is 9.53 Å². The Bertz CT molecular complexity index is 1180. The molecule has 4 heteroatoms. The van der Waals surface area contributed by atoms with Gasteiger partial charge in [-0.3, -0.25) is 4.79 Å². The first-order valence-corrected chi connectivity index (χ1v) is 11.3. The van der Waals surface area contributed by atoms with Crippen molar-refractivity contribution in [3.05, 3.63) is 101 Å². The van der Waals surface area contributed by atoms with E-state index in [4.69, 9.17) is 4.74 Å². The number of hydrogen-bond donors (Lipinski definition) is 2. The van der Waals surface area contributed by atoms with Gasteiger partial charge in [-0.1, -0.05) is 61.5 Å². The molecule has 32 heavy (non-hydrogen) atoms. The van der Waals surface area contributed by atoms with Crippen molar-refractivity contribution >= 4 is 17.2 Å². The molecule has 0 radical (unpaired) electrons. The highest BCUT2D eigenvalue weighted by molar-refractivity contribution is 6.01. The average molecular weight is 425 g/mol. The first kappa shape index (κ1) is 20.4. The third-order valence-corrected chi connectivity index (χ3v) is 6.62. The molecule has 1 aliphatic heterocycles. The molecule has 2 aliphatic rings. The van der Waals surface area contributed by atoms with E-state index >= 15 is 0 Å². The summed E-state index contributed by atoms with van der Waals surface area (Å²) in [6.07, 6.45) is 2.33. The zero-order valence-electron chi connectivity index (χ0n) is 18.5. The molecule has 1 heterocycles. The first-order chi connectivity index (χ1) is 15.7. The van der Waals surface area contributed by atoms with Crippen LogP contribution < -0.4 is 15.4 Å². The van der Waals surface area contributed by atoms with Crippen LogP contribution in [-0.2, 0) is 11.2 Å². The van der Waals surface area contributed by atoms with Gasteiger partial charge in [-0.2, -0.15) is 0 Å². The van der Waals surface area contributed by atoms with Gasteiger partial charge in [0.2, 0.25) is 0 Å². The fourth-order valence-electron chi connectivity index (χ4n) is 4.89. The quantitative estimate of drug-likeness (QED) is 0.521. The summed E-state index contributed by atoms with van der Waals surface area (Å²) in [5.41, 5.74) is 7.30. The van der Waals surface area contributed by atoms with Gasteiger partial charge in [0.1, 0.15) is 5.75 Å². The normalized spacial score (nSPS) is 19.9. The summed E-state index contributed by atoms with van der Waals surface area (Å²) in [6.45, 7) is 2.16. The van der Waals surface area contributed by atoms with Gasteiger partial charge in [0.25, 0.3) is 0 Å². The monoisotopic (exact) mass is 424 g/mol. The number of allylic oxidation sites excluding steroid dienone is 1. The molecule has 0 amide bonds. The summed E-state index contributed by atoms with van der Waals surface area (Å²) >= 11 is 0. The zero-order valence-corrected chi connectivity index (χ0v) is 18.5. The Labute approximate surface area is 189 Å². The number of carbonyl (C=O) groups excluding carboxylic acids is 1. The summed E-state index contributed by atoms with van der Waals surface area (Å²) in [5.74, 6) is 1.13. The Balaban J connectivity index is 1.60. The Morgan fingerprint density at radius 2 is 1.62 bits per heavy atom. The van der Waals surface area contributed by atoms with Crippen molar-refractivity contribution in [3.63, 3.8) is 0 Å². The molecule has 0 saturated carbocycles. The van der Waals surface area contributed by atoms with Crippen LogP contribution in [0.3, 0.4) is 0 Å². The number of methoxy groups -OCH3 is 1. The van der Waals surface area contributed by atoms with E-state index in [-0.39, 0.29) is 17.7 Å². The molecule has 2 atom stereocenters. The van der Waals surface area contributed by atoms with Crippen molar-refractivity contribution in [2.24, 2.45) is 0 Å². The lowest BCUT2D eigenvalue weighted by atomic mass is 9.78. The Kier molecular flexibility index (Phi) is 5.44. The first-order valence-electron chi connectivity index (χ1n) is 11.3. The van der Waals surface area contributed by atoms with Gasteiger partial charge in [-0.05, 0) is 48.1 Å². The van der Waals surface area contributed by atoms with Gasteiger partial charge < -0.3 is 15.4 Å². The summed E-state index contributed by atoms with van der Waals surface area (Å²) < 4.78 is 5.66. The van der Waals surface area contributed by atoms with E-state index in [9.17, 15) is 4.79 Å². The molecule has 0 spiro atoms. The number of nitrogens with one attached hydrogen (secondary N) is 2. The maximum Gasteiger partial charge on any atom is 0.163 e. The number of hydrogen-bond acceptors (Lipinski definition) is 4. The van der Waals surface area contributed by atoms with Crippen LogP contribution in [0.25, 0.3) is 0 Å². The molecule has 0 bridgehead atoms. The van der Waals surface area contributed by atoms with E-state index in [1.807, 2.05) is 36.4 Å². The Morgan fingerprint density at radius 3 is 2.38 bits per heavy atom. The topological polar surface area (TPSA) is 50.4 Å². The second kappa shape index (κ2) is 8.54. The van der Waals surface area contributed by atoms with Crippen LogP contribution in [0.1, 0.15) is 48.4 Å². The predicted octanol–water partition coefficient (Wildman–Crippen LogP) is 6.24. The maximum atomic E-state index is 13.6. The van der Waals surface area contributed by atoms with Crippen molar-refractivity contribution in [1.82, 2.24) is 0 Å². The van der Waals surface area contributed by atoms with E-state index in [0.29, 0.717) is 6.42 Å². The van der Waals surface area contributed by atoms with Crippen LogP contribution in [0.15, 0.2) is 84.1 Å². The van der Waals surface area contributed by atoms with Crippen molar-refractivity contribution in [1.29, 1.82) is 0 Å². The van der Waals surface area contributed by atoms with Gasteiger partial charge in [-0.25, -0.2) is 0 Å². The molecule has 2 N–H and O–H groups in total. The third kappa shape index (κ3) is 3.66. The van der Waals surface area contributed by atoms with E-state index in [0.717, 1.165) is 46.8 Å². The van der Waals surface area contributed by atoms with Gasteiger partial charge in [0, 0.05) is 23.3 Å². The Morgan fingerprint density at radius 1 is 0.906 bits per heavy atom. The second-order valence-corrected chi connectivity index (χ2v) is 8.51. The fourth-order valence-corrected chi connectivity index (χ4v) is 4.89. The molecule has 0 fully saturated rings. The van der Waals surface area contributed by atoms with E-state index in [1.165, 1.54) is 11.1 Å². The van der Waals surface area contributed by atoms with E-state index < -0.39 is 0 Å². The minimum absolute atomic E-state index is 0.170. The lowest BCUT2D eigenvalue weighted by molar-refractivity contribution is -0.116. The summed E-state index contributed by atoms with van der Waals surface area (Å²) in [6, 6.07) is 24.5. The number of ketones is 1. The maximum absolute atomic E-state index is 13.6. The number of ether oxygens (including phenoxy) is 1. The van der Waals surface area contributed by atoms with Crippen molar-refractivity contribution in [2.45, 2.75) is 38.1 Å². The molecular weight excluding hydrogens is 396 g/mol. The SMILES string of the molecule is CCc1ccc(C2CC(=O)C3=C(C2)Nc2ccccc2NC3c2ccccc2OC)cc1. The number of fused-ring (bicyclic) bond motifs is 1. The van der Waals surface area contributed by atoms with Gasteiger partial charge in [0.05, 0.1) is 24.5 Å². The van der Waals surface area contributed by atoms with Crippen LogP contribution in [-0.4, -0.2) is 12.9 Å². The van der Waals surface area contributed by atoms with Crippen LogP contribution in [0.2, 0.25) is 0 Å². The highest BCUT2D eigenvalue weighted by Crippen LogP contribution is 2.45. The highest BCUT2D eigenvalue weighted by atomic mass is 16.5. The van der Waals surface area contributed by atoms with E-state index in [2.05, 4.69) is 54.0 Å². The molecule has 2 unspecified atom stereocenters. The molecule has 3 aromatic rings. The van der Waals surface area contributed by atoms with Gasteiger partial charge in [0.15, 0.2) is 5.78 Å². The number of para-hydroxylation sites is 3. The highest BCUT2D eigenvalue weighted by Gasteiger charge is 2.36. The lowest BCUT2D eigenvalue weighted by Gasteiger charge is -2.30. The lowest BCUT2D eigenvalue weighted by Crippen LogP contribution is -2.27. The van der Waals surface area contributed by atoms with Crippen molar-refractivity contribution in [2.75, 3.05) is 17.7 Å². The number of Topliss-reactive ketones (excluding diaryl/α,β-unsaturated/α-hetero) is 1. The molecule has 3 aromatic carbocycles. The number of benzene rings is 3. The summed E-state index contributed by atoms with van der Waals surface area (Å²) in [5, 5.41) is 7.24. The van der Waals surface area contributed by atoms with Gasteiger partial charge >= 0.3 is 0 Å². The third-order valence-electron chi connectivity index (χ3n) is 6.62. The van der Waals surface area contributed by atoms with Gasteiger partial charge in [-0.15, -0.1) is 0 Å². The average Bonchev–Trinajstić information content (AvgIpc) is 3.01. The standard InChI is InChI=1S/C28H28N2O2/c1-3-18-12-14-19(15-13-18)20-16-24-27(25(31)17-20)28(21-8-4-7-11-26(21)32-2)30-23-10-6-5-9-22(23)29-24/h4-15,20,28-30H,3,16-17H2,1-2H3. The molecule has 1 aliphatic carbocycles. The number of carbonyl (C=O) groups is 1. The fraction of sp³-hybridized carbons (Fsp3) is 0.250. The Hall–Kier alpha value is -3.53. The van der Waals surface area contributed by atoms with Crippen LogP contribution >= 0.6 is 0 Å². The minimum atomic E-state index is -0.270. The number of anilines is 2. The minimum Gasteiger partial charge on any atom is -0.496 e. The zero-order chi connectivity index (χ0) is 22.1. The summed E-state index contributed by atoms with van der Waals surface area (Å²) in [7, 11) is 1.68. The van der Waals surface area contributed by atoms with Crippen LogP contribution in [0.4, 0.5) is 11.4 Å². The van der Waals surface area contributed by atoms with Crippen LogP contribution in [0, 0.1) is 0 Å². The molecule has 5 rings (SSSR count). The second-order valence-electron chi connectivity index (χ2n) is 8.51. The van der Waals surface area contributed by atoms with Crippen LogP contribution in [0.5, 0.6) is 5.75 Å². The largest absolute Gasteiger partial charge is 0.496 e. The molecule has 162 valence electrons. The summed E-state index contributed by atoms with van der Waals surface area (Å²) in [4.78, 5) is 13.6.